The second kappa shape index (κ2) is 6.54. The van der Waals surface area contributed by atoms with E-state index in [4.69, 9.17) is 14.4 Å². The third-order valence-corrected chi connectivity index (χ3v) is 3.35. The van der Waals surface area contributed by atoms with E-state index in [2.05, 4.69) is 5.16 Å². The van der Waals surface area contributed by atoms with Crippen LogP contribution in [0.1, 0.15) is 54.8 Å². The van der Waals surface area contributed by atoms with Gasteiger partial charge in [0.25, 0.3) is 0 Å². The molecule has 1 N–H and O–H groups in total. The Balaban J connectivity index is 1.72. The van der Waals surface area contributed by atoms with Crippen LogP contribution in [-0.2, 0) is 11.3 Å². The molecule has 5 nitrogen and oxygen atoms in total. The van der Waals surface area contributed by atoms with E-state index >= 15 is 0 Å². The molecule has 1 aliphatic carbocycles. The zero-order valence-corrected chi connectivity index (χ0v) is 10.4. The molecule has 1 aromatic rings. The summed E-state index contributed by atoms with van der Waals surface area (Å²) in [5, 5.41) is 12.1. The number of carbonyl (C=O) groups is 1. The first-order valence-corrected chi connectivity index (χ1v) is 6.52. The van der Waals surface area contributed by atoms with Gasteiger partial charge in [0.15, 0.2) is 11.5 Å². The van der Waals surface area contributed by atoms with Crippen molar-refractivity contribution < 1.29 is 19.2 Å². The summed E-state index contributed by atoms with van der Waals surface area (Å²) >= 11 is 0. The van der Waals surface area contributed by atoms with Crippen LogP contribution in [0.15, 0.2) is 10.6 Å². The lowest BCUT2D eigenvalue weighted by Crippen LogP contribution is -2.08. The van der Waals surface area contributed by atoms with Crippen LogP contribution in [0, 0.1) is 5.92 Å². The van der Waals surface area contributed by atoms with Crippen LogP contribution in [0.25, 0.3) is 0 Å². The molecule has 1 aliphatic rings. The fourth-order valence-electron chi connectivity index (χ4n) is 2.34. The molecule has 0 amide bonds. The molecule has 100 valence electrons. The zero-order chi connectivity index (χ0) is 12.8. The van der Waals surface area contributed by atoms with Gasteiger partial charge in [0.05, 0.1) is 0 Å². The molecule has 5 heteroatoms. The van der Waals surface area contributed by atoms with Crippen LogP contribution < -0.4 is 0 Å². The molecule has 0 atom stereocenters. The number of nitrogens with zero attached hydrogens (tertiary/aromatic N) is 1. The number of aromatic carboxylic acids is 1. The van der Waals surface area contributed by atoms with Crippen molar-refractivity contribution in [2.45, 2.75) is 45.1 Å². The van der Waals surface area contributed by atoms with Crippen molar-refractivity contribution in [1.29, 1.82) is 0 Å². The third-order valence-electron chi connectivity index (χ3n) is 3.35. The highest BCUT2D eigenvalue weighted by molar-refractivity contribution is 5.85. The summed E-state index contributed by atoms with van der Waals surface area (Å²) in [5.41, 5.74) is -0.0666. The van der Waals surface area contributed by atoms with Gasteiger partial charge in [0, 0.05) is 12.7 Å². The van der Waals surface area contributed by atoms with Crippen molar-refractivity contribution in [1.82, 2.24) is 5.16 Å². The van der Waals surface area contributed by atoms with E-state index in [0.29, 0.717) is 18.3 Å². The number of carboxylic acid groups (broad SMARTS) is 1. The van der Waals surface area contributed by atoms with Gasteiger partial charge in [-0.2, -0.15) is 0 Å². The molecular weight excluding hydrogens is 234 g/mol. The monoisotopic (exact) mass is 253 g/mol. The van der Waals surface area contributed by atoms with Crippen LogP contribution in [0.5, 0.6) is 0 Å². The molecule has 1 aromatic heterocycles. The summed E-state index contributed by atoms with van der Waals surface area (Å²) in [6.07, 6.45) is 7.72. The van der Waals surface area contributed by atoms with Gasteiger partial charge < -0.3 is 14.4 Å². The molecule has 0 bridgehead atoms. The molecule has 0 saturated heterocycles. The molecule has 2 rings (SSSR count). The largest absolute Gasteiger partial charge is 0.476 e. The van der Waals surface area contributed by atoms with Gasteiger partial charge in [-0.1, -0.05) is 30.8 Å². The Kier molecular flexibility index (Phi) is 4.75. The summed E-state index contributed by atoms with van der Waals surface area (Å²) in [7, 11) is 0. The minimum Gasteiger partial charge on any atom is -0.476 e. The number of rotatable bonds is 5. The van der Waals surface area contributed by atoms with Gasteiger partial charge in [-0.05, 0) is 18.8 Å². The standard InChI is InChI=1S/C13H19NO4/c15-13(16)12-7-11(18-14-12)9-17-8-10-5-3-1-2-4-6-10/h7,10H,1-6,8-9H2,(H,15,16). The smallest absolute Gasteiger partial charge is 0.358 e. The topological polar surface area (TPSA) is 72.6 Å². The summed E-state index contributed by atoms with van der Waals surface area (Å²) in [4.78, 5) is 10.6. The summed E-state index contributed by atoms with van der Waals surface area (Å²) in [6, 6.07) is 1.41. The van der Waals surface area contributed by atoms with E-state index in [1.54, 1.807) is 0 Å². The summed E-state index contributed by atoms with van der Waals surface area (Å²) in [5.74, 6) is 0.0316. The van der Waals surface area contributed by atoms with Crippen LogP contribution in [0.2, 0.25) is 0 Å². The van der Waals surface area contributed by atoms with Gasteiger partial charge in [-0.15, -0.1) is 0 Å². The van der Waals surface area contributed by atoms with Gasteiger partial charge in [0.1, 0.15) is 6.61 Å². The van der Waals surface area contributed by atoms with E-state index in [0.717, 1.165) is 6.61 Å². The molecule has 0 radical (unpaired) electrons. The van der Waals surface area contributed by atoms with Gasteiger partial charge >= 0.3 is 5.97 Å². The van der Waals surface area contributed by atoms with E-state index in [-0.39, 0.29) is 5.69 Å². The fourth-order valence-corrected chi connectivity index (χ4v) is 2.34. The van der Waals surface area contributed by atoms with Crippen LogP contribution >= 0.6 is 0 Å². The van der Waals surface area contributed by atoms with Crippen molar-refractivity contribution in [3.63, 3.8) is 0 Å². The second-order valence-electron chi connectivity index (χ2n) is 4.86. The Morgan fingerprint density at radius 1 is 1.39 bits per heavy atom. The predicted molar refractivity (Wildman–Crippen MR) is 64.3 cm³/mol. The van der Waals surface area contributed by atoms with Crippen LogP contribution in [0.3, 0.4) is 0 Å². The first-order chi connectivity index (χ1) is 8.75. The van der Waals surface area contributed by atoms with Crippen molar-refractivity contribution in [3.8, 4) is 0 Å². The predicted octanol–water partition coefficient (Wildman–Crippen LogP) is 2.86. The maximum atomic E-state index is 10.6. The summed E-state index contributed by atoms with van der Waals surface area (Å²) < 4.78 is 10.5. The van der Waals surface area contributed by atoms with Crippen molar-refractivity contribution in [2.75, 3.05) is 6.61 Å². The Morgan fingerprint density at radius 2 is 2.11 bits per heavy atom. The van der Waals surface area contributed by atoms with E-state index in [1.165, 1.54) is 44.6 Å². The lowest BCUT2D eigenvalue weighted by molar-refractivity contribution is 0.0660. The van der Waals surface area contributed by atoms with Crippen LogP contribution in [0.4, 0.5) is 0 Å². The average molecular weight is 253 g/mol. The Hall–Kier alpha value is -1.36. The minimum absolute atomic E-state index is 0.0666. The second-order valence-corrected chi connectivity index (χ2v) is 4.86. The number of carboxylic acids is 1. The molecular formula is C13H19NO4. The number of hydrogen-bond acceptors (Lipinski definition) is 4. The Bertz CT molecular complexity index is 380. The number of ether oxygens (including phenoxy) is 1. The van der Waals surface area contributed by atoms with E-state index in [1.807, 2.05) is 0 Å². The molecule has 0 spiro atoms. The lowest BCUT2D eigenvalue weighted by atomic mass is 10.0. The molecule has 18 heavy (non-hydrogen) atoms. The minimum atomic E-state index is -1.08. The SMILES string of the molecule is O=C(O)c1cc(COCC2CCCCCC2)on1. The molecule has 0 unspecified atom stereocenters. The fraction of sp³-hybridized carbons (Fsp3) is 0.692. The molecule has 1 saturated carbocycles. The third kappa shape index (κ3) is 3.84. The normalized spacial score (nSPS) is 17.6. The van der Waals surface area contributed by atoms with E-state index in [9.17, 15) is 4.79 Å². The highest BCUT2D eigenvalue weighted by atomic mass is 16.5. The van der Waals surface area contributed by atoms with Gasteiger partial charge in [-0.25, -0.2) is 4.79 Å². The zero-order valence-electron chi connectivity index (χ0n) is 10.4. The molecule has 0 aromatic carbocycles. The van der Waals surface area contributed by atoms with Crippen molar-refractivity contribution in [2.24, 2.45) is 5.92 Å². The maximum Gasteiger partial charge on any atom is 0.358 e. The van der Waals surface area contributed by atoms with E-state index < -0.39 is 5.97 Å². The summed E-state index contributed by atoms with van der Waals surface area (Å²) in [6.45, 7) is 1.03. The maximum absolute atomic E-state index is 10.6. The first kappa shape index (κ1) is 13.1. The highest BCUT2D eigenvalue weighted by Crippen LogP contribution is 2.23. The van der Waals surface area contributed by atoms with Crippen molar-refractivity contribution >= 4 is 5.97 Å². The highest BCUT2D eigenvalue weighted by Gasteiger charge is 2.14. The molecule has 1 fully saturated rings. The Morgan fingerprint density at radius 3 is 2.72 bits per heavy atom. The van der Waals surface area contributed by atoms with Gasteiger partial charge in [0.2, 0.25) is 0 Å². The number of hydrogen-bond donors (Lipinski definition) is 1. The Labute approximate surface area is 106 Å². The lowest BCUT2D eigenvalue weighted by Gasteiger charge is -2.13. The molecule has 1 heterocycles. The quantitative estimate of drug-likeness (QED) is 0.817. The van der Waals surface area contributed by atoms with Crippen molar-refractivity contribution in [3.05, 3.63) is 17.5 Å². The first-order valence-electron chi connectivity index (χ1n) is 6.52. The van der Waals surface area contributed by atoms with Gasteiger partial charge in [-0.3, -0.25) is 0 Å². The van der Waals surface area contributed by atoms with Crippen LogP contribution in [-0.4, -0.2) is 22.8 Å². The molecule has 0 aliphatic heterocycles. The average Bonchev–Trinajstić information content (AvgIpc) is 2.67. The number of aromatic nitrogens is 1.